The van der Waals surface area contributed by atoms with Crippen molar-refractivity contribution in [2.24, 2.45) is 17.3 Å². The quantitative estimate of drug-likeness (QED) is 0.758. The second kappa shape index (κ2) is 5.59. The van der Waals surface area contributed by atoms with Crippen molar-refractivity contribution in [2.45, 2.75) is 45.4 Å². The molecule has 2 fully saturated rings. The van der Waals surface area contributed by atoms with E-state index >= 15 is 0 Å². The Morgan fingerprint density at radius 1 is 1.20 bits per heavy atom. The standard InChI is InChI=1S/C18H24O2/c1-2-20-17(19)13-18(10-14-6-4-3-5-7-14)11-15-8-9-16(15)12-18/h3-7,15-16H,2,8-13H2,1H3/t15-,16+,18?. The molecule has 0 N–H and O–H groups in total. The van der Waals surface area contributed by atoms with Crippen molar-refractivity contribution in [1.29, 1.82) is 0 Å². The fourth-order valence-electron chi connectivity index (χ4n) is 4.27. The first-order valence-corrected chi connectivity index (χ1v) is 7.90. The van der Waals surface area contributed by atoms with E-state index in [2.05, 4.69) is 30.3 Å². The first-order chi connectivity index (χ1) is 9.71. The maximum Gasteiger partial charge on any atom is 0.306 e. The zero-order valence-corrected chi connectivity index (χ0v) is 12.3. The normalized spacial score (nSPS) is 31.4. The van der Waals surface area contributed by atoms with E-state index in [-0.39, 0.29) is 11.4 Å². The van der Waals surface area contributed by atoms with E-state index in [1.54, 1.807) is 0 Å². The molecule has 0 aromatic heterocycles. The minimum atomic E-state index is -0.00951. The molecular weight excluding hydrogens is 248 g/mol. The number of hydrogen-bond acceptors (Lipinski definition) is 2. The summed E-state index contributed by atoms with van der Waals surface area (Å²) in [7, 11) is 0. The average Bonchev–Trinajstić information content (AvgIpc) is 2.65. The lowest BCUT2D eigenvalue weighted by Gasteiger charge is -2.29. The zero-order chi connectivity index (χ0) is 14.0. The molecule has 2 aliphatic rings. The van der Waals surface area contributed by atoms with Crippen LogP contribution in [0.4, 0.5) is 0 Å². The highest BCUT2D eigenvalue weighted by Gasteiger charge is 2.49. The minimum Gasteiger partial charge on any atom is -0.466 e. The lowest BCUT2D eigenvalue weighted by molar-refractivity contribution is -0.145. The highest BCUT2D eigenvalue weighted by atomic mass is 16.5. The van der Waals surface area contributed by atoms with Gasteiger partial charge in [-0.2, -0.15) is 0 Å². The third-order valence-electron chi connectivity index (χ3n) is 5.21. The molecule has 0 saturated heterocycles. The van der Waals surface area contributed by atoms with Gasteiger partial charge < -0.3 is 4.74 Å². The first-order valence-electron chi connectivity index (χ1n) is 7.90. The highest BCUT2D eigenvalue weighted by Crippen LogP contribution is 2.58. The van der Waals surface area contributed by atoms with Crippen LogP contribution in [0.3, 0.4) is 0 Å². The molecule has 1 aromatic carbocycles. The van der Waals surface area contributed by atoms with Gasteiger partial charge in [0, 0.05) is 0 Å². The molecule has 2 saturated carbocycles. The largest absolute Gasteiger partial charge is 0.466 e. The van der Waals surface area contributed by atoms with Gasteiger partial charge in [0.1, 0.15) is 0 Å². The van der Waals surface area contributed by atoms with Crippen molar-refractivity contribution in [1.82, 2.24) is 0 Å². The van der Waals surface area contributed by atoms with Crippen LogP contribution in [0.2, 0.25) is 0 Å². The summed E-state index contributed by atoms with van der Waals surface area (Å²) in [5, 5.41) is 0. The monoisotopic (exact) mass is 272 g/mol. The molecule has 1 aromatic rings. The van der Waals surface area contributed by atoms with E-state index in [9.17, 15) is 4.79 Å². The Hall–Kier alpha value is -1.31. The van der Waals surface area contributed by atoms with E-state index < -0.39 is 0 Å². The number of fused-ring (bicyclic) bond motifs is 1. The van der Waals surface area contributed by atoms with Gasteiger partial charge in [0.25, 0.3) is 0 Å². The molecule has 108 valence electrons. The summed E-state index contributed by atoms with van der Waals surface area (Å²) in [5.41, 5.74) is 1.51. The Bertz CT molecular complexity index is 454. The second-order valence-electron chi connectivity index (χ2n) is 6.65. The summed E-state index contributed by atoms with van der Waals surface area (Å²) < 4.78 is 5.22. The highest BCUT2D eigenvalue weighted by molar-refractivity contribution is 5.70. The van der Waals surface area contributed by atoms with Gasteiger partial charge in [-0.05, 0) is 61.8 Å². The molecule has 3 rings (SSSR count). The van der Waals surface area contributed by atoms with Crippen LogP contribution < -0.4 is 0 Å². The van der Waals surface area contributed by atoms with Gasteiger partial charge in [-0.3, -0.25) is 4.79 Å². The molecule has 0 bridgehead atoms. The molecule has 0 amide bonds. The van der Waals surface area contributed by atoms with E-state index in [0.29, 0.717) is 13.0 Å². The van der Waals surface area contributed by atoms with Crippen molar-refractivity contribution in [2.75, 3.05) is 6.61 Å². The number of rotatable bonds is 5. The molecule has 0 aliphatic heterocycles. The van der Waals surface area contributed by atoms with Gasteiger partial charge in [-0.15, -0.1) is 0 Å². The van der Waals surface area contributed by atoms with Crippen LogP contribution in [0, 0.1) is 17.3 Å². The van der Waals surface area contributed by atoms with Gasteiger partial charge in [0.2, 0.25) is 0 Å². The number of carbonyl (C=O) groups excluding carboxylic acids is 1. The van der Waals surface area contributed by atoms with E-state index in [1.165, 1.54) is 31.2 Å². The van der Waals surface area contributed by atoms with E-state index in [1.807, 2.05) is 6.92 Å². The Morgan fingerprint density at radius 2 is 1.85 bits per heavy atom. The van der Waals surface area contributed by atoms with Crippen molar-refractivity contribution in [3.63, 3.8) is 0 Å². The van der Waals surface area contributed by atoms with Crippen molar-refractivity contribution in [3.8, 4) is 0 Å². The SMILES string of the molecule is CCOC(=O)CC1(Cc2ccccc2)C[C@H]2CC[C@H]2C1. The van der Waals surface area contributed by atoms with E-state index in [4.69, 9.17) is 4.74 Å². The number of hydrogen-bond donors (Lipinski definition) is 0. The number of benzene rings is 1. The molecule has 2 nitrogen and oxygen atoms in total. The van der Waals surface area contributed by atoms with Crippen LogP contribution in [-0.2, 0) is 16.0 Å². The number of ether oxygens (including phenoxy) is 1. The van der Waals surface area contributed by atoms with Crippen LogP contribution >= 0.6 is 0 Å². The molecular formula is C18H24O2. The van der Waals surface area contributed by atoms with Crippen LogP contribution in [0.1, 0.15) is 44.6 Å². The smallest absolute Gasteiger partial charge is 0.306 e. The van der Waals surface area contributed by atoms with Gasteiger partial charge in [0.05, 0.1) is 13.0 Å². The Labute approximate surface area is 121 Å². The number of carbonyl (C=O) groups is 1. The maximum atomic E-state index is 12.0. The zero-order valence-electron chi connectivity index (χ0n) is 12.3. The predicted octanol–water partition coefficient (Wildman–Crippen LogP) is 3.99. The topological polar surface area (TPSA) is 26.3 Å². The van der Waals surface area contributed by atoms with Crippen LogP contribution in [-0.4, -0.2) is 12.6 Å². The summed E-state index contributed by atoms with van der Waals surface area (Å²) in [6, 6.07) is 10.6. The summed E-state index contributed by atoms with van der Waals surface area (Å²) in [6.07, 6.45) is 6.78. The summed E-state index contributed by atoms with van der Waals surface area (Å²) >= 11 is 0. The van der Waals surface area contributed by atoms with Gasteiger partial charge in [-0.1, -0.05) is 30.3 Å². The summed E-state index contributed by atoms with van der Waals surface area (Å²) in [6.45, 7) is 2.38. The predicted molar refractivity (Wildman–Crippen MR) is 79.3 cm³/mol. The minimum absolute atomic E-state index is 0.00951. The fraction of sp³-hybridized carbons (Fsp3) is 0.611. The van der Waals surface area contributed by atoms with Crippen molar-refractivity contribution < 1.29 is 9.53 Å². The van der Waals surface area contributed by atoms with Gasteiger partial charge in [0.15, 0.2) is 0 Å². The molecule has 0 radical (unpaired) electrons. The Balaban J connectivity index is 1.75. The van der Waals surface area contributed by atoms with E-state index in [0.717, 1.165) is 18.3 Å². The lowest BCUT2D eigenvalue weighted by atomic mass is 9.76. The van der Waals surface area contributed by atoms with Crippen molar-refractivity contribution >= 4 is 5.97 Å². The molecule has 1 unspecified atom stereocenters. The Morgan fingerprint density at radius 3 is 2.40 bits per heavy atom. The maximum absolute atomic E-state index is 12.0. The lowest BCUT2D eigenvalue weighted by Crippen LogP contribution is -2.25. The molecule has 3 atom stereocenters. The van der Waals surface area contributed by atoms with Gasteiger partial charge >= 0.3 is 5.97 Å². The average molecular weight is 272 g/mol. The fourth-order valence-corrected chi connectivity index (χ4v) is 4.27. The summed E-state index contributed by atoms with van der Waals surface area (Å²) in [5.74, 6) is 1.73. The first kappa shape index (κ1) is 13.7. The second-order valence-corrected chi connectivity index (χ2v) is 6.65. The van der Waals surface area contributed by atoms with Crippen LogP contribution in [0.25, 0.3) is 0 Å². The number of esters is 1. The third kappa shape index (κ3) is 2.74. The van der Waals surface area contributed by atoms with Crippen molar-refractivity contribution in [3.05, 3.63) is 35.9 Å². The van der Waals surface area contributed by atoms with Gasteiger partial charge in [-0.25, -0.2) is 0 Å². The molecule has 0 spiro atoms. The molecule has 0 heterocycles. The van der Waals surface area contributed by atoms with Crippen LogP contribution in [0.15, 0.2) is 30.3 Å². The third-order valence-corrected chi connectivity index (χ3v) is 5.21. The molecule has 2 heteroatoms. The van der Waals surface area contributed by atoms with Crippen LogP contribution in [0.5, 0.6) is 0 Å². The molecule has 2 aliphatic carbocycles. The molecule has 20 heavy (non-hydrogen) atoms. The summed E-state index contributed by atoms with van der Waals surface area (Å²) in [4.78, 5) is 12.0. The Kier molecular flexibility index (Phi) is 3.82.